The highest BCUT2D eigenvalue weighted by Gasteiger charge is 2.59. The molecule has 5 rings (SSSR count). The zero-order valence-electron chi connectivity index (χ0n) is 26.9. The van der Waals surface area contributed by atoms with Crippen LogP contribution in [0.15, 0.2) is 24.3 Å². The molecule has 260 valence electrons. The number of terminal acetylenes is 1. The monoisotopic (exact) mass is 682 g/mol. The number of ether oxygens (including phenoxy) is 6. The molecule has 1 heterocycles. The van der Waals surface area contributed by atoms with Gasteiger partial charge in [0.15, 0.2) is 36.2 Å². The van der Waals surface area contributed by atoms with Gasteiger partial charge in [-0.25, -0.2) is 0 Å². The predicted molar refractivity (Wildman–Crippen MR) is 163 cm³/mol. The molecule has 15 heteroatoms. The fraction of sp³-hybridized carbons (Fsp3) is 0.471. The van der Waals surface area contributed by atoms with Gasteiger partial charge in [0, 0.05) is 50.8 Å². The van der Waals surface area contributed by atoms with Crippen molar-refractivity contribution in [1.82, 2.24) is 0 Å². The van der Waals surface area contributed by atoms with E-state index in [1.165, 1.54) is 12.1 Å². The Morgan fingerprint density at radius 1 is 0.837 bits per heavy atom. The number of phenolic OH excluding ortho intramolecular Hbond substituents is 2. The molecule has 0 aromatic heterocycles. The average molecular weight is 683 g/mol. The number of esters is 4. The summed E-state index contributed by atoms with van der Waals surface area (Å²) in [4.78, 5) is 76.8. The zero-order chi connectivity index (χ0) is 35.9. The number of carbonyl (C=O) groups is 6. The molecule has 0 unspecified atom stereocenters. The van der Waals surface area contributed by atoms with Crippen LogP contribution in [0.25, 0.3) is 10.8 Å². The van der Waals surface area contributed by atoms with E-state index in [1.54, 1.807) is 12.1 Å². The van der Waals surface area contributed by atoms with Crippen LogP contribution in [0.4, 0.5) is 0 Å². The van der Waals surface area contributed by atoms with Crippen LogP contribution in [0.5, 0.6) is 11.5 Å². The lowest BCUT2D eigenvalue weighted by Gasteiger charge is -2.48. The molecule has 3 aliphatic rings. The molecule has 49 heavy (non-hydrogen) atoms. The number of carbonyl (C=O) groups excluding carboxylic acids is 6. The second-order valence-electron chi connectivity index (χ2n) is 12.2. The number of aromatic hydroxyl groups is 2. The molecule has 0 amide bonds. The van der Waals surface area contributed by atoms with E-state index < -0.39 is 132 Å². The van der Waals surface area contributed by atoms with Crippen molar-refractivity contribution in [3.63, 3.8) is 0 Å². The number of phenols is 2. The Morgan fingerprint density at radius 2 is 1.37 bits per heavy atom. The molecule has 0 bridgehead atoms. The van der Waals surface area contributed by atoms with Crippen molar-refractivity contribution in [2.24, 2.45) is 11.8 Å². The second-order valence-corrected chi connectivity index (χ2v) is 12.2. The lowest BCUT2D eigenvalue weighted by Crippen LogP contribution is -2.64. The Kier molecular flexibility index (Phi) is 9.69. The summed E-state index contributed by atoms with van der Waals surface area (Å²) in [6, 6.07) is 6.05. The summed E-state index contributed by atoms with van der Waals surface area (Å²) in [5.74, 6) is -6.64. The fourth-order valence-electron chi connectivity index (χ4n) is 6.86. The van der Waals surface area contributed by atoms with E-state index in [9.17, 15) is 44.1 Å². The van der Waals surface area contributed by atoms with Crippen LogP contribution in [0.1, 0.15) is 61.3 Å². The number of ketones is 2. The van der Waals surface area contributed by atoms with Crippen LogP contribution in [0.2, 0.25) is 0 Å². The van der Waals surface area contributed by atoms with Gasteiger partial charge in [-0.05, 0) is 6.42 Å². The number of Topliss-reactive ketones (excluding diaryl/α,β-unsaturated/α-hetero) is 2. The van der Waals surface area contributed by atoms with E-state index in [4.69, 9.17) is 34.8 Å². The molecule has 2 aromatic rings. The molecular weight excluding hydrogens is 648 g/mol. The van der Waals surface area contributed by atoms with Crippen LogP contribution >= 0.6 is 0 Å². The Hall–Kier alpha value is -5.04. The third-order valence-corrected chi connectivity index (χ3v) is 8.75. The summed E-state index contributed by atoms with van der Waals surface area (Å²) in [6.07, 6.45) is -4.62. The lowest BCUT2D eigenvalue weighted by molar-refractivity contribution is -0.323. The van der Waals surface area contributed by atoms with Gasteiger partial charge in [0.25, 0.3) is 0 Å². The van der Waals surface area contributed by atoms with Crippen molar-refractivity contribution in [3.05, 3.63) is 35.4 Å². The minimum atomic E-state index is -2.04. The lowest BCUT2D eigenvalue weighted by atomic mass is 9.61. The maximum absolute atomic E-state index is 14.3. The average Bonchev–Trinajstić information content (AvgIpc) is 3.02. The number of benzene rings is 2. The van der Waals surface area contributed by atoms with Gasteiger partial charge >= 0.3 is 23.9 Å². The first-order chi connectivity index (χ1) is 23.1. The minimum Gasteiger partial charge on any atom is -0.507 e. The van der Waals surface area contributed by atoms with E-state index in [-0.39, 0.29) is 10.8 Å². The van der Waals surface area contributed by atoms with E-state index in [2.05, 4.69) is 5.92 Å². The molecule has 2 aliphatic carbocycles. The zero-order valence-corrected chi connectivity index (χ0v) is 26.9. The van der Waals surface area contributed by atoms with Gasteiger partial charge < -0.3 is 43.7 Å². The van der Waals surface area contributed by atoms with Gasteiger partial charge in [0.1, 0.15) is 29.8 Å². The predicted octanol–water partition coefficient (Wildman–Crippen LogP) is 1.49. The SMILES string of the molecule is C#C[C@@]1(O)C[C@H](O[C@@H]2O[C@H](COC(C)=O)[C@@H](OC(C)=O)[C@H](OC(C)=O)[C@H]2OC(C)=O)[C@@H]2C(=O)c3c(c(O)c4ccccc4c3O)C(=O)[C@@H]2C1. The molecular formula is C34H34O15. The van der Waals surface area contributed by atoms with Crippen molar-refractivity contribution in [1.29, 1.82) is 0 Å². The molecule has 9 atom stereocenters. The Bertz CT molecular complexity index is 1770. The Morgan fingerprint density at radius 3 is 1.90 bits per heavy atom. The first-order valence-corrected chi connectivity index (χ1v) is 15.3. The van der Waals surface area contributed by atoms with Gasteiger partial charge in [-0.1, -0.05) is 30.2 Å². The van der Waals surface area contributed by atoms with Gasteiger partial charge in [-0.3, -0.25) is 28.8 Å². The van der Waals surface area contributed by atoms with Crippen molar-refractivity contribution >= 4 is 46.2 Å². The highest BCUT2D eigenvalue weighted by atomic mass is 16.7. The summed E-state index contributed by atoms with van der Waals surface area (Å²) < 4.78 is 33.6. The van der Waals surface area contributed by atoms with Gasteiger partial charge in [-0.2, -0.15) is 0 Å². The second kappa shape index (κ2) is 13.5. The van der Waals surface area contributed by atoms with Crippen LogP contribution < -0.4 is 0 Å². The maximum Gasteiger partial charge on any atom is 0.303 e. The Balaban J connectivity index is 1.62. The van der Waals surface area contributed by atoms with Gasteiger partial charge in [-0.15, -0.1) is 6.42 Å². The fourth-order valence-corrected chi connectivity index (χ4v) is 6.86. The van der Waals surface area contributed by atoms with Crippen LogP contribution in [0.3, 0.4) is 0 Å². The topological polar surface area (TPSA) is 218 Å². The molecule has 3 N–H and O–H groups in total. The number of fused-ring (bicyclic) bond motifs is 3. The number of aliphatic hydroxyl groups is 1. The molecule has 2 aromatic carbocycles. The van der Waals surface area contributed by atoms with Crippen LogP contribution in [0, 0.1) is 24.2 Å². The quantitative estimate of drug-likeness (QED) is 0.163. The van der Waals surface area contributed by atoms with Crippen molar-refractivity contribution in [2.45, 2.75) is 82.9 Å². The van der Waals surface area contributed by atoms with Gasteiger partial charge in [0.2, 0.25) is 0 Å². The third-order valence-electron chi connectivity index (χ3n) is 8.75. The molecule has 0 spiro atoms. The standard InChI is InChI=1S/C34H34O15/c1-6-34(43)11-20-23(29(42)25-24(28(20)41)26(39)18-9-7-8-10-19(18)27(25)40)21(12-34)48-33-32(47-17(5)38)31(46-16(4)37)30(45-15(3)36)22(49-33)13-44-14(2)35/h1,7-10,20-23,30-33,39-40,43H,11-13H2,2-5H3/t20-,21+,22-,23-,30-,31+,32-,33-,34+/m1/s1. The van der Waals surface area contributed by atoms with Crippen LogP contribution in [-0.4, -0.2) is 99.8 Å². The number of hydrogen-bond donors (Lipinski definition) is 3. The normalized spacial score (nSPS) is 30.7. The van der Waals surface area contributed by atoms with E-state index in [0.29, 0.717) is 0 Å². The first-order valence-electron chi connectivity index (χ1n) is 15.3. The highest BCUT2D eigenvalue weighted by Crippen LogP contribution is 2.51. The molecule has 1 saturated heterocycles. The largest absolute Gasteiger partial charge is 0.507 e. The summed E-state index contributed by atoms with van der Waals surface area (Å²) >= 11 is 0. The van der Waals surface area contributed by atoms with Crippen molar-refractivity contribution in [3.8, 4) is 23.8 Å². The molecule has 0 radical (unpaired) electrons. The molecule has 2 fully saturated rings. The van der Waals surface area contributed by atoms with Crippen molar-refractivity contribution < 1.29 is 72.5 Å². The highest BCUT2D eigenvalue weighted by molar-refractivity contribution is 6.23. The number of rotatable bonds is 7. The maximum atomic E-state index is 14.3. The minimum absolute atomic E-state index is 0.103. The summed E-state index contributed by atoms with van der Waals surface area (Å²) in [7, 11) is 0. The summed E-state index contributed by atoms with van der Waals surface area (Å²) in [6.45, 7) is 3.66. The van der Waals surface area contributed by atoms with E-state index >= 15 is 0 Å². The summed E-state index contributed by atoms with van der Waals surface area (Å²) in [5, 5.41) is 34.0. The van der Waals surface area contributed by atoms with Gasteiger partial charge in [0.05, 0.1) is 23.1 Å². The Labute approximate surface area is 279 Å². The molecule has 15 nitrogen and oxygen atoms in total. The smallest absolute Gasteiger partial charge is 0.303 e. The summed E-state index contributed by atoms with van der Waals surface area (Å²) in [5.41, 5.74) is -2.93. The van der Waals surface area contributed by atoms with Crippen molar-refractivity contribution in [2.75, 3.05) is 6.61 Å². The van der Waals surface area contributed by atoms with E-state index in [1.807, 2.05) is 0 Å². The van der Waals surface area contributed by atoms with Crippen LogP contribution in [-0.2, 0) is 47.6 Å². The molecule has 1 saturated carbocycles. The van der Waals surface area contributed by atoms with E-state index in [0.717, 1.165) is 27.7 Å². The third kappa shape index (κ3) is 6.67. The number of hydrogen-bond acceptors (Lipinski definition) is 15. The molecule has 1 aliphatic heterocycles. The first kappa shape index (κ1) is 35.3.